The summed E-state index contributed by atoms with van der Waals surface area (Å²) in [6.07, 6.45) is 0.0902. The molecular formula is C29H22Cl2N2O6. The Morgan fingerprint density at radius 3 is 2.05 bits per heavy atom. The molecule has 4 aromatic rings. The number of methoxy groups -OCH3 is 1. The topological polar surface area (TPSA) is 95.5 Å². The van der Waals surface area contributed by atoms with Crippen LogP contribution in [0.5, 0.6) is 23.0 Å². The summed E-state index contributed by atoms with van der Waals surface area (Å²) in [4.78, 5) is 25.4. The zero-order chi connectivity index (χ0) is 27.6. The molecule has 4 rings (SSSR count). The highest BCUT2D eigenvalue weighted by atomic mass is 35.5. The molecule has 0 aliphatic rings. The Labute approximate surface area is 234 Å². The average Bonchev–Trinajstić information content (AvgIpc) is 2.94. The Kier molecular flexibility index (Phi) is 9.39. The molecule has 39 heavy (non-hydrogen) atoms. The van der Waals surface area contributed by atoms with E-state index in [9.17, 15) is 9.59 Å². The van der Waals surface area contributed by atoms with Crippen molar-refractivity contribution in [2.45, 2.75) is 6.29 Å². The molecule has 198 valence electrons. The third-order valence-electron chi connectivity index (χ3n) is 5.12. The molecule has 1 amide bonds. The number of halogens is 2. The van der Waals surface area contributed by atoms with Gasteiger partial charge in [-0.1, -0.05) is 59.6 Å². The highest BCUT2D eigenvalue weighted by Crippen LogP contribution is 2.30. The number of amides is 1. The van der Waals surface area contributed by atoms with E-state index in [-0.39, 0.29) is 22.1 Å². The lowest BCUT2D eigenvalue weighted by Crippen LogP contribution is -2.40. The maximum atomic E-state index is 12.8. The SMILES string of the molecule is COc1cc(/C=N\NC(=O)C(Oc2ccccc2)Oc2ccccc2)ccc1OC(=O)c1ccc(Cl)cc1Cl. The number of nitrogens with zero attached hydrogens (tertiary/aromatic N) is 1. The predicted molar refractivity (Wildman–Crippen MR) is 148 cm³/mol. The van der Waals surface area contributed by atoms with Crippen LogP contribution in [0.15, 0.2) is 102 Å². The number of carbonyl (C=O) groups excluding carboxylic acids is 2. The Balaban J connectivity index is 1.43. The Bertz CT molecular complexity index is 1420. The van der Waals surface area contributed by atoms with Crippen LogP contribution in [0, 0.1) is 0 Å². The van der Waals surface area contributed by atoms with Crippen molar-refractivity contribution in [1.29, 1.82) is 0 Å². The van der Waals surface area contributed by atoms with E-state index in [1.165, 1.54) is 37.6 Å². The van der Waals surface area contributed by atoms with E-state index in [4.69, 9.17) is 42.1 Å². The minimum atomic E-state index is -1.30. The van der Waals surface area contributed by atoms with Crippen LogP contribution >= 0.6 is 23.2 Å². The van der Waals surface area contributed by atoms with Crippen molar-refractivity contribution in [2.24, 2.45) is 5.10 Å². The smallest absolute Gasteiger partial charge is 0.345 e. The molecule has 0 saturated heterocycles. The van der Waals surface area contributed by atoms with E-state index in [1.807, 2.05) is 12.1 Å². The zero-order valence-corrected chi connectivity index (χ0v) is 22.1. The third kappa shape index (κ3) is 7.73. The van der Waals surface area contributed by atoms with Crippen molar-refractivity contribution in [3.05, 3.63) is 118 Å². The molecule has 4 aromatic carbocycles. The number of hydrazone groups is 1. The highest BCUT2D eigenvalue weighted by Gasteiger charge is 2.22. The minimum Gasteiger partial charge on any atom is -0.493 e. The van der Waals surface area contributed by atoms with Crippen LogP contribution in [-0.4, -0.2) is 31.5 Å². The van der Waals surface area contributed by atoms with E-state index in [1.54, 1.807) is 60.7 Å². The lowest BCUT2D eigenvalue weighted by atomic mass is 10.2. The predicted octanol–water partition coefficient (Wildman–Crippen LogP) is 6.16. The number of rotatable bonds is 10. The van der Waals surface area contributed by atoms with Crippen LogP contribution in [0.2, 0.25) is 10.0 Å². The van der Waals surface area contributed by atoms with Crippen LogP contribution in [0.25, 0.3) is 0 Å². The third-order valence-corrected chi connectivity index (χ3v) is 5.66. The van der Waals surface area contributed by atoms with Crippen LogP contribution in [0.1, 0.15) is 15.9 Å². The molecule has 0 saturated carbocycles. The fraction of sp³-hybridized carbons (Fsp3) is 0.0690. The fourth-order valence-electron chi connectivity index (χ4n) is 3.26. The largest absolute Gasteiger partial charge is 0.493 e. The van der Waals surface area contributed by atoms with Gasteiger partial charge in [-0.2, -0.15) is 5.10 Å². The van der Waals surface area contributed by atoms with Gasteiger partial charge in [0.25, 0.3) is 0 Å². The molecular weight excluding hydrogens is 543 g/mol. The Morgan fingerprint density at radius 1 is 0.821 bits per heavy atom. The monoisotopic (exact) mass is 564 g/mol. The summed E-state index contributed by atoms with van der Waals surface area (Å²) in [5, 5.41) is 4.56. The van der Waals surface area contributed by atoms with Crippen molar-refractivity contribution in [2.75, 3.05) is 7.11 Å². The second-order valence-corrected chi connectivity index (χ2v) is 8.70. The molecule has 0 spiro atoms. The highest BCUT2D eigenvalue weighted by molar-refractivity contribution is 6.36. The summed E-state index contributed by atoms with van der Waals surface area (Å²) in [6, 6.07) is 26.8. The number of hydrogen-bond donors (Lipinski definition) is 1. The van der Waals surface area contributed by atoms with E-state index in [2.05, 4.69) is 10.5 Å². The first-order valence-electron chi connectivity index (χ1n) is 11.5. The van der Waals surface area contributed by atoms with Gasteiger partial charge in [-0.05, 0) is 66.2 Å². The first-order chi connectivity index (χ1) is 18.9. The molecule has 10 heteroatoms. The number of esters is 1. The first kappa shape index (κ1) is 27.5. The quantitative estimate of drug-likeness (QED) is 0.0815. The van der Waals surface area contributed by atoms with Crippen molar-refractivity contribution < 1.29 is 28.5 Å². The van der Waals surface area contributed by atoms with Gasteiger partial charge in [0.05, 0.1) is 23.9 Å². The van der Waals surface area contributed by atoms with Crippen molar-refractivity contribution >= 4 is 41.3 Å². The minimum absolute atomic E-state index is 0.154. The van der Waals surface area contributed by atoms with Crippen molar-refractivity contribution in [1.82, 2.24) is 5.43 Å². The summed E-state index contributed by atoms with van der Waals surface area (Å²) in [5.41, 5.74) is 3.13. The summed E-state index contributed by atoms with van der Waals surface area (Å²) in [6.45, 7) is 0. The van der Waals surface area contributed by atoms with E-state index in [0.717, 1.165) is 0 Å². The molecule has 0 bridgehead atoms. The van der Waals surface area contributed by atoms with Gasteiger partial charge in [0.1, 0.15) is 11.5 Å². The molecule has 0 aliphatic heterocycles. The molecule has 0 heterocycles. The van der Waals surface area contributed by atoms with Crippen LogP contribution < -0.4 is 24.4 Å². The molecule has 0 aromatic heterocycles. The van der Waals surface area contributed by atoms with Gasteiger partial charge in [-0.25, -0.2) is 10.2 Å². The lowest BCUT2D eigenvalue weighted by Gasteiger charge is -2.18. The second-order valence-electron chi connectivity index (χ2n) is 7.85. The number of benzene rings is 4. The zero-order valence-electron chi connectivity index (χ0n) is 20.5. The summed E-state index contributed by atoms with van der Waals surface area (Å²) in [5.74, 6) is 0.0335. The number of ether oxygens (including phenoxy) is 4. The summed E-state index contributed by atoms with van der Waals surface area (Å²) >= 11 is 12.0. The van der Waals surface area contributed by atoms with Gasteiger partial charge in [-0.3, -0.25) is 4.79 Å². The first-order valence-corrected chi connectivity index (χ1v) is 12.3. The average molecular weight is 565 g/mol. The molecule has 8 nitrogen and oxygen atoms in total. The van der Waals surface area contributed by atoms with Crippen LogP contribution in [-0.2, 0) is 4.79 Å². The number of hydrogen-bond acceptors (Lipinski definition) is 7. The summed E-state index contributed by atoms with van der Waals surface area (Å²) in [7, 11) is 1.43. The standard InChI is InChI=1S/C29H22Cl2N2O6/c1-36-26-16-19(12-15-25(26)39-28(35)23-14-13-20(30)17-24(23)31)18-32-33-27(34)29(37-21-8-4-2-5-9-21)38-22-10-6-3-7-11-22/h2-18,29H,1H3,(H,33,34)/b32-18-. The fourth-order valence-corrected chi connectivity index (χ4v) is 3.74. The van der Waals surface area contributed by atoms with Gasteiger partial charge < -0.3 is 18.9 Å². The molecule has 0 atom stereocenters. The lowest BCUT2D eigenvalue weighted by molar-refractivity contribution is -0.140. The summed E-state index contributed by atoms with van der Waals surface area (Å²) < 4.78 is 22.3. The number of nitrogens with one attached hydrogen (secondary N) is 1. The van der Waals surface area contributed by atoms with Crippen molar-refractivity contribution in [3.63, 3.8) is 0 Å². The van der Waals surface area contributed by atoms with Gasteiger partial charge in [0.15, 0.2) is 11.5 Å². The molecule has 0 fully saturated rings. The Hall–Kier alpha value is -4.53. The molecule has 1 N–H and O–H groups in total. The van der Waals surface area contributed by atoms with Gasteiger partial charge in [0.2, 0.25) is 0 Å². The number of carbonyl (C=O) groups is 2. The van der Waals surface area contributed by atoms with Crippen LogP contribution in [0.4, 0.5) is 0 Å². The van der Waals surface area contributed by atoms with Crippen molar-refractivity contribution in [3.8, 4) is 23.0 Å². The van der Waals surface area contributed by atoms with E-state index in [0.29, 0.717) is 22.1 Å². The van der Waals surface area contributed by atoms with Gasteiger partial charge in [0, 0.05) is 5.02 Å². The normalized spacial score (nSPS) is 10.8. The maximum absolute atomic E-state index is 12.8. The molecule has 0 aliphatic carbocycles. The molecule has 0 radical (unpaired) electrons. The van der Waals surface area contributed by atoms with Crippen LogP contribution in [0.3, 0.4) is 0 Å². The number of para-hydroxylation sites is 2. The van der Waals surface area contributed by atoms with Gasteiger partial charge >= 0.3 is 18.2 Å². The Morgan fingerprint density at radius 2 is 1.46 bits per heavy atom. The maximum Gasteiger partial charge on any atom is 0.345 e. The molecule has 0 unspecified atom stereocenters. The van der Waals surface area contributed by atoms with Gasteiger partial charge in [-0.15, -0.1) is 0 Å². The van der Waals surface area contributed by atoms with E-state index >= 15 is 0 Å². The van der Waals surface area contributed by atoms with E-state index < -0.39 is 18.2 Å². The second kappa shape index (κ2) is 13.3.